The highest BCUT2D eigenvalue weighted by atomic mass is 79.9. The van der Waals surface area contributed by atoms with Gasteiger partial charge in [0.15, 0.2) is 0 Å². The zero-order valence-corrected chi connectivity index (χ0v) is 12.5. The van der Waals surface area contributed by atoms with E-state index in [1.165, 1.54) is 6.07 Å². The van der Waals surface area contributed by atoms with Gasteiger partial charge >= 0.3 is 0 Å². The molecule has 0 saturated carbocycles. The van der Waals surface area contributed by atoms with Gasteiger partial charge in [0.2, 0.25) is 0 Å². The Bertz CT molecular complexity index is 555. The van der Waals surface area contributed by atoms with Gasteiger partial charge in [-0.15, -0.1) is 0 Å². The molecule has 2 aromatic rings. The minimum Gasteiger partial charge on any atom is -0.207 e. The van der Waals surface area contributed by atoms with Crippen LogP contribution in [-0.2, 0) is 6.42 Å². The SMILES string of the molecule is Fc1ccc(F)c(C(Br)Cc2cccc(Br)c2)c1. The number of hydrogen-bond donors (Lipinski definition) is 0. The van der Waals surface area contributed by atoms with Crippen LogP contribution in [0.2, 0.25) is 0 Å². The Morgan fingerprint density at radius 3 is 2.56 bits per heavy atom. The number of halogens is 4. The predicted octanol–water partition coefficient (Wildman–Crippen LogP) is 5.41. The minimum absolute atomic E-state index is 0.248. The maximum absolute atomic E-state index is 13.6. The van der Waals surface area contributed by atoms with Gasteiger partial charge in [-0.3, -0.25) is 0 Å². The fourth-order valence-electron chi connectivity index (χ4n) is 1.74. The molecule has 0 aliphatic heterocycles. The molecule has 0 aliphatic carbocycles. The molecule has 1 atom stereocenters. The van der Waals surface area contributed by atoms with Crippen LogP contribution in [0.3, 0.4) is 0 Å². The van der Waals surface area contributed by atoms with Crippen molar-refractivity contribution in [3.8, 4) is 0 Å². The zero-order valence-electron chi connectivity index (χ0n) is 9.34. The average molecular weight is 376 g/mol. The van der Waals surface area contributed by atoms with Crippen LogP contribution in [0, 0.1) is 11.6 Å². The topological polar surface area (TPSA) is 0 Å². The van der Waals surface area contributed by atoms with E-state index < -0.39 is 11.6 Å². The van der Waals surface area contributed by atoms with E-state index in [-0.39, 0.29) is 4.83 Å². The van der Waals surface area contributed by atoms with Gasteiger partial charge in [-0.05, 0) is 42.3 Å². The molecule has 0 amide bonds. The summed E-state index contributed by atoms with van der Waals surface area (Å²) < 4.78 is 27.7. The molecule has 0 nitrogen and oxygen atoms in total. The Balaban J connectivity index is 2.21. The van der Waals surface area contributed by atoms with Crippen LogP contribution >= 0.6 is 31.9 Å². The summed E-state index contributed by atoms with van der Waals surface area (Å²) >= 11 is 6.80. The summed E-state index contributed by atoms with van der Waals surface area (Å²) in [6.07, 6.45) is 0.597. The lowest BCUT2D eigenvalue weighted by Crippen LogP contribution is -1.99. The van der Waals surface area contributed by atoms with E-state index in [9.17, 15) is 8.78 Å². The van der Waals surface area contributed by atoms with Crippen LogP contribution in [0.15, 0.2) is 46.9 Å². The lowest BCUT2D eigenvalue weighted by Gasteiger charge is -2.11. The Hall–Kier alpha value is -0.740. The highest BCUT2D eigenvalue weighted by Gasteiger charge is 2.14. The molecule has 0 heterocycles. The molecular weight excluding hydrogens is 366 g/mol. The van der Waals surface area contributed by atoms with Gasteiger partial charge in [-0.25, -0.2) is 8.78 Å². The van der Waals surface area contributed by atoms with Crippen molar-refractivity contribution in [1.82, 2.24) is 0 Å². The van der Waals surface area contributed by atoms with Crippen molar-refractivity contribution in [2.75, 3.05) is 0 Å². The molecule has 0 aromatic heterocycles. The second kappa shape index (κ2) is 5.93. The summed E-state index contributed by atoms with van der Waals surface area (Å²) in [6.45, 7) is 0. The normalized spacial score (nSPS) is 12.4. The summed E-state index contributed by atoms with van der Waals surface area (Å²) in [5.41, 5.74) is 1.39. The van der Waals surface area contributed by atoms with Gasteiger partial charge in [-0.2, -0.15) is 0 Å². The van der Waals surface area contributed by atoms with E-state index in [1.54, 1.807) is 0 Å². The first-order valence-corrected chi connectivity index (χ1v) is 7.10. The van der Waals surface area contributed by atoms with E-state index in [1.807, 2.05) is 24.3 Å². The summed E-state index contributed by atoms with van der Waals surface area (Å²) in [7, 11) is 0. The summed E-state index contributed by atoms with van der Waals surface area (Å²) in [6, 6.07) is 11.3. The van der Waals surface area contributed by atoms with Crippen molar-refractivity contribution in [1.29, 1.82) is 0 Å². The maximum atomic E-state index is 13.6. The van der Waals surface area contributed by atoms with Crippen molar-refractivity contribution in [2.45, 2.75) is 11.2 Å². The van der Waals surface area contributed by atoms with Crippen LogP contribution in [0.25, 0.3) is 0 Å². The third kappa shape index (κ3) is 3.39. The highest BCUT2D eigenvalue weighted by Crippen LogP contribution is 2.30. The molecule has 0 aliphatic rings. The quantitative estimate of drug-likeness (QED) is 0.629. The van der Waals surface area contributed by atoms with Crippen LogP contribution in [-0.4, -0.2) is 0 Å². The van der Waals surface area contributed by atoms with Gasteiger partial charge in [0, 0.05) is 14.9 Å². The van der Waals surface area contributed by atoms with Crippen molar-refractivity contribution >= 4 is 31.9 Å². The largest absolute Gasteiger partial charge is 0.207 e. The lowest BCUT2D eigenvalue weighted by atomic mass is 10.0. The van der Waals surface area contributed by atoms with E-state index in [0.717, 1.165) is 22.2 Å². The molecule has 18 heavy (non-hydrogen) atoms. The number of benzene rings is 2. The summed E-state index contributed by atoms with van der Waals surface area (Å²) in [5, 5.41) is 0. The maximum Gasteiger partial charge on any atom is 0.127 e. The molecule has 0 N–H and O–H groups in total. The van der Waals surface area contributed by atoms with Gasteiger partial charge < -0.3 is 0 Å². The van der Waals surface area contributed by atoms with Crippen LogP contribution in [0.5, 0.6) is 0 Å². The van der Waals surface area contributed by atoms with E-state index in [2.05, 4.69) is 31.9 Å². The predicted molar refractivity (Wildman–Crippen MR) is 75.9 cm³/mol. The van der Waals surface area contributed by atoms with E-state index >= 15 is 0 Å². The molecular formula is C14H10Br2F2. The van der Waals surface area contributed by atoms with Gasteiger partial charge in [0.05, 0.1) is 0 Å². The molecule has 2 aromatic carbocycles. The molecule has 94 valence electrons. The standard InChI is InChI=1S/C14H10Br2F2/c15-10-3-1-2-9(6-10)7-13(16)12-8-11(17)4-5-14(12)18/h1-6,8,13H,7H2. The van der Waals surface area contributed by atoms with E-state index in [0.29, 0.717) is 12.0 Å². The fourth-order valence-corrected chi connectivity index (χ4v) is 2.91. The van der Waals surface area contributed by atoms with Crippen LogP contribution in [0.4, 0.5) is 8.78 Å². The monoisotopic (exact) mass is 374 g/mol. The molecule has 2 rings (SSSR count). The molecule has 0 bridgehead atoms. The van der Waals surface area contributed by atoms with Gasteiger partial charge in [-0.1, -0.05) is 44.0 Å². The molecule has 4 heteroatoms. The van der Waals surface area contributed by atoms with Crippen molar-refractivity contribution in [2.24, 2.45) is 0 Å². The smallest absolute Gasteiger partial charge is 0.127 e. The third-order valence-electron chi connectivity index (χ3n) is 2.60. The average Bonchev–Trinajstić information content (AvgIpc) is 2.32. The summed E-state index contributed by atoms with van der Waals surface area (Å²) in [4.78, 5) is -0.248. The zero-order chi connectivity index (χ0) is 13.1. The van der Waals surface area contributed by atoms with Gasteiger partial charge in [0.25, 0.3) is 0 Å². The second-order valence-corrected chi connectivity index (χ2v) is 5.99. The minimum atomic E-state index is -0.426. The Morgan fingerprint density at radius 1 is 1.06 bits per heavy atom. The van der Waals surface area contributed by atoms with Crippen LogP contribution in [0.1, 0.15) is 16.0 Å². The second-order valence-electron chi connectivity index (χ2n) is 3.97. The lowest BCUT2D eigenvalue weighted by molar-refractivity contribution is 0.583. The molecule has 0 fully saturated rings. The van der Waals surface area contributed by atoms with Crippen molar-refractivity contribution in [3.63, 3.8) is 0 Å². The van der Waals surface area contributed by atoms with Crippen LogP contribution < -0.4 is 0 Å². The number of alkyl halides is 1. The Morgan fingerprint density at radius 2 is 1.83 bits per heavy atom. The first-order chi connectivity index (χ1) is 8.56. The summed E-state index contributed by atoms with van der Waals surface area (Å²) in [5.74, 6) is -0.821. The third-order valence-corrected chi connectivity index (χ3v) is 3.91. The molecule has 1 unspecified atom stereocenters. The molecule has 0 radical (unpaired) electrons. The van der Waals surface area contributed by atoms with Gasteiger partial charge in [0.1, 0.15) is 11.6 Å². The van der Waals surface area contributed by atoms with Crippen molar-refractivity contribution < 1.29 is 8.78 Å². The first-order valence-electron chi connectivity index (χ1n) is 5.40. The Kier molecular flexibility index (Phi) is 4.51. The highest BCUT2D eigenvalue weighted by molar-refractivity contribution is 9.10. The first kappa shape index (κ1) is 13.7. The molecule has 0 spiro atoms. The molecule has 0 saturated heterocycles. The Labute approximate surface area is 121 Å². The van der Waals surface area contributed by atoms with E-state index in [4.69, 9.17) is 0 Å². The number of hydrogen-bond acceptors (Lipinski definition) is 0. The number of rotatable bonds is 3. The fraction of sp³-hybridized carbons (Fsp3) is 0.143. The van der Waals surface area contributed by atoms with Crippen molar-refractivity contribution in [3.05, 3.63) is 69.7 Å².